The lowest BCUT2D eigenvalue weighted by atomic mass is 9.88. The van der Waals surface area contributed by atoms with Crippen LogP contribution < -0.4 is 14.8 Å². The summed E-state index contributed by atoms with van der Waals surface area (Å²) in [6, 6.07) is 12.7. The normalized spacial score (nSPS) is 17.5. The molecular formula is C18H20BrNO2. The van der Waals surface area contributed by atoms with E-state index in [-0.39, 0.29) is 0 Å². The van der Waals surface area contributed by atoms with Crippen molar-refractivity contribution in [1.29, 1.82) is 0 Å². The van der Waals surface area contributed by atoms with Gasteiger partial charge in [-0.3, -0.25) is 0 Å². The van der Waals surface area contributed by atoms with Gasteiger partial charge in [-0.05, 0) is 47.9 Å². The standard InChI is InChI=1S/C18H20BrNO2/c1-21-17-9-12-7-8-20-11-15(14(12)10-18(17)22-2)13-5-3-4-6-16(13)19/h3-6,9-10,15,20H,7-8,11H2,1-2H3. The first-order chi connectivity index (χ1) is 10.7. The molecule has 0 saturated heterocycles. The predicted octanol–water partition coefficient (Wildman–Crippen LogP) is 3.74. The third-order valence-electron chi connectivity index (χ3n) is 4.22. The molecule has 1 atom stereocenters. The van der Waals surface area contributed by atoms with Gasteiger partial charge in [0, 0.05) is 16.9 Å². The fourth-order valence-electron chi connectivity index (χ4n) is 3.09. The van der Waals surface area contributed by atoms with Gasteiger partial charge >= 0.3 is 0 Å². The Balaban J connectivity index is 2.14. The molecule has 0 aliphatic carbocycles. The van der Waals surface area contributed by atoms with Crippen molar-refractivity contribution in [3.05, 3.63) is 57.6 Å². The number of benzene rings is 2. The number of ether oxygens (including phenoxy) is 2. The van der Waals surface area contributed by atoms with Crippen LogP contribution in [0, 0.1) is 0 Å². The Labute approximate surface area is 139 Å². The Hall–Kier alpha value is -1.52. The maximum Gasteiger partial charge on any atom is 0.161 e. The second-order valence-corrected chi connectivity index (χ2v) is 6.29. The summed E-state index contributed by atoms with van der Waals surface area (Å²) < 4.78 is 12.1. The topological polar surface area (TPSA) is 30.5 Å². The van der Waals surface area contributed by atoms with Crippen molar-refractivity contribution in [3.8, 4) is 11.5 Å². The molecule has 0 aromatic heterocycles. The first-order valence-electron chi connectivity index (χ1n) is 7.44. The average Bonchev–Trinajstić information content (AvgIpc) is 2.75. The van der Waals surface area contributed by atoms with Crippen LogP contribution in [-0.2, 0) is 6.42 Å². The molecule has 22 heavy (non-hydrogen) atoms. The van der Waals surface area contributed by atoms with E-state index in [4.69, 9.17) is 9.47 Å². The molecule has 0 spiro atoms. The van der Waals surface area contributed by atoms with E-state index >= 15 is 0 Å². The number of methoxy groups -OCH3 is 2. The summed E-state index contributed by atoms with van der Waals surface area (Å²) in [6.07, 6.45) is 0.997. The summed E-state index contributed by atoms with van der Waals surface area (Å²) >= 11 is 3.69. The molecule has 1 N–H and O–H groups in total. The molecule has 2 aromatic rings. The quantitative estimate of drug-likeness (QED) is 0.902. The van der Waals surface area contributed by atoms with Crippen LogP contribution in [0.5, 0.6) is 11.5 Å². The highest BCUT2D eigenvalue weighted by molar-refractivity contribution is 9.10. The van der Waals surface area contributed by atoms with Gasteiger partial charge in [0.15, 0.2) is 11.5 Å². The number of nitrogens with one attached hydrogen (secondary N) is 1. The molecule has 0 saturated carbocycles. The van der Waals surface area contributed by atoms with Gasteiger partial charge in [0.25, 0.3) is 0 Å². The van der Waals surface area contributed by atoms with Crippen LogP contribution in [0.25, 0.3) is 0 Å². The van der Waals surface area contributed by atoms with Gasteiger partial charge in [0.1, 0.15) is 0 Å². The first kappa shape index (κ1) is 15.4. The van der Waals surface area contributed by atoms with Gasteiger partial charge in [-0.15, -0.1) is 0 Å². The van der Waals surface area contributed by atoms with Crippen molar-refractivity contribution < 1.29 is 9.47 Å². The number of halogens is 1. The fraction of sp³-hybridized carbons (Fsp3) is 0.333. The largest absolute Gasteiger partial charge is 0.493 e. The first-order valence-corrected chi connectivity index (χ1v) is 8.24. The lowest BCUT2D eigenvalue weighted by molar-refractivity contribution is 0.354. The second-order valence-electron chi connectivity index (χ2n) is 5.43. The molecule has 3 nitrogen and oxygen atoms in total. The van der Waals surface area contributed by atoms with Gasteiger partial charge in [-0.2, -0.15) is 0 Å². The Kier molecular flexibility index (Phi) is 4.69. The van der Waals surface area contributed by atoms with Crippen LogP contribution in [0.15, 0.2) is 40.9 Å². The number of hydrogen-bond donors (Lipinski definition) is 1. The van der Waals surface area contributed by atoms with Crippen molar-refractivity contribution in [2.75, 3.05) is 27.3 Å². The number of fused-ring (bicyclic) bond motifs is 1. The van der Waals surface area contributed by atoms with E-state index in [2.05, 4.69) is 51.6 Å². The van der Waals surface area contributed by atoms with Gasteiger partial charge in [0.2, 0.25) is 0 Å². The monoisotopic (exact) mass is 361 g/mol. The molecule has 2 aromatic carbocycles. The molecule has 4 heteroatoms. The highest BCUT2D eigenvalue weighted by atomic mass is 79.9. The summed E-state index contributed by atoms with van der Waals surface area (Å²) in [5.74, 6) is 1.89. The molecule has 0 fully saturated rings. The van der Waals surface area contributed by atoms with E-state index in [1.54, 1.807) is 14.2 Å². The van der Waals surface area contributed by atoms with Gasteiger partial charge in [-0.1, -0.05) is 34.1 Å². The molecule has 116 valence electrons. The zero-order valence-corrected chi connectivity index (χ0v) is 14.4. The minimum Gasteiger partial charge on any atom is -0.493 e. The molecule has 1 aliphatic rings. The van der Waals surface area contributed by atoms with Crippen molar-refractivity contribution >= 4 is 15.9 Å². The van der Waals surface area contributed by atoms with Gasteiger partial charge < -0.3 is 14.8 Å². The molecule has 0 amide bonds. The van der Waals surface area contributed by atoms with Crippen molar-refractivity contribution in [2.24, 2.45) is 0 Å². The highest BCUT2D eigenvalue weighted by Crippen LogP contribution is 2.39. The summed E-state index contributed by atoms with van der Waals surface area (Å²) in [7, 11) is 3.37. The van der Waals surface area contributed by atoms with Crippen LogP contribution in [0.1, 0.15) is 22.6 Å². The van der Waals surface area contributed by atoms with E-state index in [9.17, 15) is 0 Å². The number of hydrogen-bond acceptors (Lipinski definition) is 3. The second kappa shape index (κ2) is 6.71. The van der Waals surface area contributed by atoms with Crippen LogP contribution >= 0.6 is 15.9 Å². The zero-order chi connectivity index (χ0) is 15.5. The van der Waals surface area contributed by atoms with E-state index in [1.165, 1.54) is 16.7 Å². The lowest BCUT2D eigenvalue weighted by Crippen LogP contribution is -2.21. The third kappa shape index (κ3) is 2.85. The summed E-state index contributed by atoms with van der Waals surface area (Å²) in [5.41, 5.74) is 3.93. The maximum absolute atomic E-state index is 5.50. The minimum atomic E-state index is 0.299. The summed E-state index contributed by atoms with van der Waals surface area (Å²) in [6.45, 7) is 1.90. The van der Waals surface area contributed by atoms with E-state index in [0.29, 0.717) is 5.92 Å². The Bertz CT molecular complexity index is 672. The molecule has 0 radical (unpaired) electrons. The Morgan fingerprint density at radius 3 is 2.50 bits per heavy atom. The van der Waals surface area contributed by atoms with E-state index < -0.39 is 0 Å². The molecule has 1 unspecified atom stereocenters. The van der Waals surface area contributed by atoms with Crippen LogP contribution in [0.2, 0.25) is 0 Å². The number of rotatable bonds is 3. The molecule has 3 rings (SSSR count). The van der Waals surface area contributed by atoms with Crippen molar-refractivity contribution in [2.45, 2.75) is 12.3 Å². The minimum absolute atomic E-state index is 0.299. The molecule has 1 aliphatic heterocycles. The Morgan fingerprint density at radius 1 is 1.05 bits per heavy atom. The highest BCUT2D eigenvalue weighted by Gasteiger charge is 2.24. The van der Waals surface area contributed by atoms with Crippen LogP contribution in [0.4, 0.5) is 0 Å². The molecule has 1 heterocycles. The average molecular weight is 362 g/mol. The SMILES string of the molecule is COc1cc2c(cc1OC)C(c1ccccc1Br)CNCC2. The smallest absolute Gasteiger partial charge is 0.161 e. The van der Waals surface area contributed by atoms with Crippen LogP contribution in [-0.4, -0.2) is 27.3 Å². The molecule has 0 bridgehead atoms. The molecular weight excluding hydrogens is 342 g/mol. The summed E-state index contributed by atoms with van der Waals surface area (Å²) in [5, 5.41) is 3.54. The van der Waals surface area contributed by atoms with Crippen LogP contribution in [0.3, 0.4) is 0 Å². The predicted molar refractivity (Wildman–Crippen MR) is 92.1 cm³/mol. The Morgan fingerprint density at radius 2 is 1.77 bits per heavy atom. The van der Waals surface area contributed by atoms with Gasteiger partial charge in [0.05, 0.1) is 14.2 Å². The zero-order valence-electron chi connectivity index (χ0n) is 12.9. The van der Waals surface area contributed by atoms with E-state index in [0.717, 1.165) is 35.5 Å². The van der Waals surface area contributed by atoms with Gasteiger partial charge in [-0.25, -0.2) is 0 Å². The third-order valence-corrected chi connectivity index (χ3v) is 4.94. The van der Waals surface area contributed by atoms with Crippen molar-refractivity contribution in [1.82, 2.24) is 5.32 Å². The summed E-state index contributed by atoms with van der Waals surface area (Å²) in [4.78, 5) is 0. The fourth-order valence-corrected chi connectivity index (χ4v) is 3.65. The maximum atomic E-state index is 5.50. The van der Waals surface area contributed by atoms with Crippen molar-refractivity contribution in [3.63, 3.8) is 0 Å². The lowest BCUT2D eigenvalue weighted by Gasteiger charge is -2.21. The van der Waals surface area contributed by atoms with E-state index in [1.807, 2.05) is 6.07 Å².